The topological polar surface area (TPSA) is 108 Å². The molecule has 1 saturated carbocycles. The normalized spacial score (nSPS) is 24.7. The van der Waals surface area contributed by atoms with Gasteiger partial charge in [-0.2, -0.15) is 13.1 Å². The van der Waals surface area contributed by atoms with Gasteiger partial charge < -0.3 is 14.7 Å². The van der Waals surface area contributed by atoms with E-state index in [2.05, 4.69) is 39.6 Å². The lowest BCUT2D eigenvalue weighted by molar-refractivity contribution is 0.0460. The van der Waals surface area contributed by atoms with Crippen molar-refractivity contribution < 1.29 is 23.1 Å². The molecular formula is C32H40ClN3O5S. The van der Waals surface area contributed by atoms with Gasteiger partial charge in [-0.05, 0) is 98.7 Å². The summed E-state index contributed by atoms with van der Waals surface area (Å²) in [5, 5.41) is 11.3. The molecule has 1 aliphatic heterocycles. The summed E-state index contributed by atoms with van der Waals surface area (Å²) in [4.78, 5) is 15.4. The van der Waals surface area contributed by atoms with Crippen LogP contribution < -0.4 is 19.1 Å². The highest BCUT2D eigenvalue weighted by Crippen LogP contribution is 2.46. The number of halogens is 1. The lowest BCUT2D eigenvalue weighted by Crippen LogP contribution is -2.49. The fourth-order valence-corrected chi connectivity index (χ4v) is 8.00. The van der Waals surface area contributed by atoms with Crippen LogP contribution in [-0.2, 0) is 22.0 Å². The fourth-order valence-electron chi connectivity index (χ4n) is 6.76. The molecule has 5 atom stereocenters. The number of anilines is 1. The lowest BCUT2D eigenvalue weighted by atomic mass is 9.68. The van der Waals surface area contributed by atoms with Crippen molar-refractivity contribution >= 4 is 33.4 Å². The first-order valence-corrected chi connectivity index (χ1v) is 16.5. The van der Waals surface area contributed by atoms with Gasteiger partial charge in [0.05, 0.1) is 18.4 Å². The maximum absolute atomic E-state index is 13.2. The van der Waals surface area contributed by atoms with Crippen molar-refractivity contribution in [1.29, 1.82) is 0 Å². The third kappa shape index (κ3) is 6.39. The summed E-state index contributed by atoms with van der Waals surface area (Å²) in [5.74, 6) is 0.271. The van der Waals surface area contributed by atoms with Crippen molar-refractivity contribution in [3.8, 4) is 5.75 Å². The molecule has 0 saturated heterocycles. The van der Waals surface area contributed by atoms with Gasteiger partial charge in [0, 0.05) is 35.1 Å². The monoisotopic (exact) mass is 613 g/mol. The number of benzene rings is 2. The number of aliphatic hydroxyl groups excluding tert-OH is 1. The maximum Gasteiger partial charge on any atom is 0.301 e. The highest BCUT2D eigenvalue weighted by Gasteiger charge is 2.44. The molecule has 2 aliphatic carbocycles. The quantitative estimate of drug-likeness (QED) is 0.329. The second-order valence-electron chi connectivity index (χ2n) is 12.0. The number of aliphatic hydroxyl groups is 1. The Morgan fingerprint density at radius 1 is 1.26 bits per heavy atom. The van der Waals surface area contributed by atoms with E-state index in [1.165, 1.54) is 11.1 Å². The summed E-state index contributed by atoms with van der Waals surface area (Å²) >= 11 is 6.37. The first kappa shape index (κ1) is 30.6. The third-order valence-electron chi connectivity index (χ3n) is 9.01. The zero-order valence-corrected chi connectivity index (χ0v) is 25.6. The maximum atomic E-state index is 13.2. The first-order valence-electron chi connectivity index (χ1n) is 14.6. The van der Waals surface area contributed by atoms with Gasteiger partial charge in [0.1, 0.15) is 5.75 Å². The summed E-state index contributed by atoms with van der Waals surface area (Å²) in [6.45, 7) is 10.9. The van der Waals surface area contributed by atoms with Crippen molar-refractivity contribution in [2.45, 2.75) is 63.0 Å². The fraction of sp³-hybridized carbons (Fsp3) is 0.469. The molecule has 0 aromatic heterocycles. The molecule has 226 valence electrons. The molecule has 0 bridgehead atoms. The van der Waals surface area contributed by atoms with Crippen LogP contribution in [-0.4, -0.2) is 51.3 Å². The minimum Gasteiger partial charge on any atom is -0.490 e. The van der Waals surface area contributed by atoms with E-state index in [4.69, 9.17) is 16.3 Å². The Morgan fingerprint density at radius 2 is 2.07 bits per heavy atom. The van der Waals surface area contributed by atoms with Crippen LogP contribution in [0.2, 0.25) is 5.02 Å². The van der Waals surface area contributed by atoms with E-state index >= 15 is 0 Å². The van der Waals surface area contributed by atoms with E-state index < -0.39 is 28.3 Å². The predicted molar refractivity (Wildman–Crippen MR) is 166 cm³/mol. The zero-order chi connectivity index (χ0) is 30.1. The Bertz CT molecular complexity index is 1460. The zero-order valence-electron chi connectivity index (χ0n) is 24.0. The van der Waals surface area contributed by atoms with Crippen molar-refractivity contribution in [1.82, 2.24) is 9.44 Å². The van der Waals surface area contributed by atoms with E-state index in [1.54, 1.807) is 37.3 Å². The Labute approximate surface area is 254 Å². The molecule has 3 N–H and O–H groups in total. The molecule has 2 aromatic rings. The molecule has 1 heterocycles. The summed E-state index contributed by atoms with van der Waals surface area (Å²) in [6.07, 6.45) is 7.89. The number of rotatable bonds is 10. The van der Waals surface area contributed by atoms with Crippen LogP contribution >= 0.6 is 11.6 Å². The van der Waals surface area contributed by atoms with Crippen LogP contribution in [0, 0.1) is 11.8 Å². The van der Waals surface area contributed by atoms with Gasteiger partial charge in [0.15, 0.2) is 0 Å². The molecule has 1 fully saturated rings. The highest BCUT2D eigenvalue weighted by atomic mass is 35.5. The van der Waals surface area contributed by atoms with Gasteiger partial charge >= 0.3 is 10.2 Å². The Hall–Kier alpha value is -2.85. The number of hydrogen-bond acceptors (Lipinski definition) is 6. The number of nitrogens with zero attached hydrogens (tertiary/aromatic N) is 1. The van der Waals surface area contributed by atoms with E-state index in [-0.39, 0.29) is 22.8 Å². The van der Waals surface area contributed by atoms with Gasteiger partial charge in [-0.3, -0.25) is 4.79 Å². The third-order valence-corrected chi connectivity index (χ3v) is 10.4. The van der Waals surface area contributed by atoms with Crippen molar-refractivity contribution in [2.24, 2.45) is 11.8 Å². The molecule has 0 radical (unpaired) electrons. The number of aryl methyl sites for hydroxylation is 1. The number of amides is 1. The number of hydrogen-bond donors (Lipinski definition) is 3. The second-order valence-corrected chi connectivity index (χ2v) is 13.9. The highest BCUT2D eigenvalue weighted by molar-refractivity contribution is 7.88. The van der Waals surface area contributed by atoms with Crippen LogP contribution in [0.1, 0.15) is 60.5 Å². The van der Waals surface area contributed by atoms with Gasteiger partial charge in [0.2, 0.25) is 0 Å². The number of carbonyl (C=O) groups is 1. The average Bonchev–Trinajstić information content (AvgIpc) is 3.07. The molecular weight excluding hydrogens is 574 g/mol. The predicted octanol–water partition coefficient (Wildman–Crippen LogP) is 4.92. The molecule has 42 heavy (non-hydrogen) atoms. The van der Waals surface area contributed by atoms with Gasteiger partial charge in [0.25, 0.3) is 5.91 Å². The molecule has 3 aliphatic rings. The minimum atomic E-state index is -4.08. The van der Waals surface area contributed by atoms with E-state index in [9.17, 15) is 18.3 Å². The molecule has 2 unspecified atom stereocenters. The summed E-state index contributed by atoms with van der Waals surface area (Å²) in [5.41, 5.74) is 3.13. The average molecular weight is 614 g/mol. The molecule has 1 spiro atoms. The second kappa shape index (κ2) is 12.4. The van der Waals surface area contributed by atoms with E-state index in [0.29, 0.717) is 31.9 Å². The van der Waals surface area contributed by atoms with E-state index in [1.807, 2.05) is 6.07 Å². The molecule has 2 aromatic carbocycles. The van der Waals surface area contributed by atoms with Crippen LogP contribution in [0.3, 0.4) is 0 Å². The smallest absolute Gasteiger partial charge is 0.301 e. The molecule has 8 nitrogen and oxygen atoms in total. The Kier molecular flexibility index (Phi) is 9.04. The summed E-state index contributed by atoms with van der Waals surface area (Å²) in [7, 11) is -4.08. The Morgan fingerprint density at radius 3 is 2.79 bits per heavy atom. The Balaban J connectivity index is 1.48. The van der Waals surface area contributed by atoms with Crippen LogP contribution in [0.15, 0.2) is 61.7 Å². The van der Waals surface area contributed by atoms with Crippen molar-refractivity contribution in [2.75, 3.05) is 24.6 Å². The van der Waals surface area contributed by atoms with Crippen molar-refractivity contribution in [3.05, 3.63) is 83.4 Å². The largest absolute Gasteiger partial charge is 0.490 e. The van der Waals surface area contributed by atoms with Crippen LogP contribution in [0.4, 0.5) is 5.69 Å². The number of carbonyl (C=O) groups excluding carboxylic acids is 1. The minimum absolute atomic E-state index is 0.115. The van der Waals surface area contributed by atoms with E-state index in [0.717, 1.165) is 42.8 Å². The summed E-state index contributed by atoms with van der Waals surface area (Å²) < 4.78 is 36.3. The van der Waals surface area contributed by atoms with Gasteiger partial charge in [-0.25, -0.2) is 4.72 Å². The van der Waals surface area contributed by atoms with Crippen LogP contribution in [0.5, 0.6) is 5.75 Å². The molecule has 5 rings (SSSR count). The number of ether oxygens (including phenoxy) is 1. The standard InChI is InChI=1S/C32H40ClN3O5S/c1-4-7-21(3)34-42(39,40)35-31(38)23-10-14-30-28(17-23)36(18-24-9-12-26(24)29(37)5-2)19-32(20-41-30)15-6-8-22-16-25(33)11-13-27(22)32/h4-5,10-11,13-14,16-17,21,24,26,29,34,37H,1-2,6-9,12,15,18-20H2,3H3,(H,35,38)/t21?,24-,26+,29?,32-/m0/s1. The van der Waals surface area contributed by atoms with Crippen LogP contribution in [0.25, 0.3) is 0 Å². The molecule has 10 heteroatoms. The molecule has 1 amide bonds. The number of nitrogens with one attached hydrogen (secondary N) is 2. The van der Waals surface area contributed by atoms with Gasteiger partial charge in [-0.15, -0.1) is 13.2 Å². The van der Waals surface area contributed by atoms with Gasteiger partial charge in [-0.1, -0.05) is 29.8 Å². The van der Waals surface area contributed by atoms with Crippen molar-refractivity contribution in [3.63, 3.8) is 0 Å². The number of fused-ring (bicyclic) bond motifs is 3. The summed E-state index contributed by atoms with van der Waals surface area (Å²) in [6, 6.07) is 10.8. The SMILES string of the molecule is C=CCC(C)NS(=O)(=O)NC(=O)c1ccc2c(c1)N(C[C@@H]1CC[C@H]1C(O)C=C)C[C@@]1(CCCc3cc(Cl)ccc31)CO2. The lowest BCUT2D eigenvalue weighted by Gasteiger charge is -2.45. The first-order chi connectivity index (χ1) is 20.0.